The number of hydrogen-bond donors (Lipinski definition) is 3. The van der Waals surface area contributed by atoms with Crippen LogP contribution in [0.15, 0.2) is 48.5 Å². The fourth-order valence-corrected chi connectivity index (χ4v) is 4.48. The lowest BCUT2D eigenvalue weighted by Crippen LogP contribution is -2.41. The molecule has 0 saturated carbocycles. The number of nitro benzene ring substituents is 1. The first-order chi connectivity index (χ1) is 16.9. The Bertz CT molecular complexity index is 907. The summed E-state index contributed by atoms with van der Waals surface area (Å²) >= 11 is 0. The third kappa shape index (κ3) is 10.9. The van der Waals surface area contributed by atoms with Crippen molar-refractivity contribution >= 4 is 26.1 Å². The van der Waals surface area contributed by atoms with Crippen LogP contribution < -0.4 is 10.6 Å². The van der Waals surface area contributed by atoms with E-state index in [9.17, 15) is 25.1 Å². The fraction of sp³-hybridized carbons (Fsp3) is 0.519. The van der Waals surface area contributed by atoms with Crippen LogP contribution in [0.25, 0.3) is 0 Å². The Morgan fingerprint density at radius 1 is 0.914 bits per heavy atom. The van der Waals surface area contributed by atoms with Crippen molar-refractivity contribution in [2.24, 2.45) is 0 Å². The van der Waals surface area contributed by atoms with E-state index >= 15 is 0 Å². The molecule has 2 aromatic carbocycles. The summed E-state index contributed by atoms with van der Waals surface area (Å²) in [6, 6.07) is 13.1. The second kappa shape index (κ2) is 16.4. The topological polar surface area (TPSA) is 113 Å². The Balaban J connectivity index is 1.51. The maximum Gasteiger partial charge on any atom is 0.269 e. The van der Waals surface area contributed by atoms with Gasteiger partial charge in [-0.05, 0) is 47.8 Å². The lowest BCUT2D eigenvalue weighted by molar-refractivity contribution is -0.384. The van der Waals surface area contributed by atoms with Crippen molar-refractivity contribution in [3.8, 4) is 0 Å². The standard InChI is InChI=1S/C27H39N2O5P/c30-20-24(27(32)22-16-18-23(19-17-22)29(33)34)28-26(31)15-9-7-5-3-1-2-4-6-8-12-21-13-10-11-14-25(21)35/h10-11,13-14,16-19,24,27,30,32H,1-9,12,15,20,35H2,(H,28,31)/t24-,27-/m1/s1. The lowest BCUT2D eigenvalue weighted by atomic mass is 10.0. The average molecular weight is 503 g/mol. The smallest absolute Gasteiger partial charge is 0.269 e. The molecule has 3 atom stereocenters. The van der Waals surface area contributed by atoms with E-state index in [0.717, 1.165) is 25.7 Å². The van der Waals surface area contributed by atoms with Gasteiger partial charge >= 0.3 is 0 Å². The average Bonchev–Trinajstić information content (AvgIpc) is 2.86. The molecular formula is C27H39N2O5P. The fourth-order valence-electron chi connectivity index (χ4n) is 4.13. The molecule has 0 aliphatic rings. The SMILES string of the molecule is O=C(CCCCCCCCCCCc1ccccc1P)N[C@H](CO)[C@H](O)c1ccc([N+](=O)[O-])cc1. The molecule has 35 heavy (non-hydrogen) atoms. The lowest BCUT2D eigenvalue weighted by Gasteiger charge is -2.22. The highest BCUT2D eigenvalue weighted by Gasteiger charge is 2.22. The number of non-ortho nitro benzene ring substituents is 1. The number of aryl methyl sites for hydroxylation is 1. The van der Waals surface area contributed by atoms with Crippen LogP contribution in [0.5, 0.6) is 0 Å². The quantitative estimate of drug-likeness (QED) is 0.125. The molecule has 1 amide bonds. The second-order valence-electron chi connectivity index (χ2n) is 9.03. The molecule has 3 N–H and O–H groups in total. The number of nitrogens with one attached hydrogen (secondary N) is 1. The first-order valence-electron chi connectivity index (χ1n) is 12.6. The number of nitrogens with zero attached hydrogens (tertiary/aromatic N) is 1. The van der Waals surface area contributed by atoms with Crippen LogP contribution in [-0.4, -0.2) is 33.7 Å². The van der Waals surface area contributed by atoms with Gasteiger partial charge in [0.1, 0.15) is 6.10 Å². The molecule has 2 rings (SSSR count). The van der Waals surface area contributed by atoms with Crippen molar-refractivity contribution in [3.63, 3.8) is 0 Å². The summed E-state index contributed by atoms with van der Waals surface area (Å²) in [5.74, 6) is -0.211. The molecule has 0 aromatic heterocycles. The van der Waals surface area contributed by atoms with Gasteiger partial charge in [0.15, 0.2) is 0 Å². The van der Waals surface area contributed by atoms with Gasteiger partial charge in [-0.2, -0.15) is 0 Å². The van der Waals surface area contributed by atoms with E-state index in [-0.39, 0.29) is 11.6 Å². The highest BCUT2D eigenvalue weighted by Crippen LogP contribution is 2.21. The van der Waals surface area contributed by atoms with E-state index in [1.807, 2.05) is 0 Å². The molecule has 7 nitrogen and oxygen atoms in total. The van der Waals surface area contributed by atoms with Crippen LogP contribution in [0.4, 0.5) is 5.69 Å². The van der Waals surface area contributed by atoms with Crippen molar-refractivity contribution < 1.29 is 19.9 Å². The largest absolute Gasteiger partial charge is 0.394 e. The van der Waals surface area contributed by atoms with E-state index in [0.29, 0.717) is 12.0 Å². The van der Waals surface area contributed by atoms with Crippen LogP contribution in [0.3, 0.4) is 0 Å². The van der Waals surface area contributed by atoms with Gasteiger partial charge in [0, 0.05) is 18.6 Å². The number of nitro groups is 1. The summed E-state index contributed by atoms with van der Waals surface area (Å²) in [4.78, 5) is 22.5. The van der Waals surface area contributed by atoms with Gasteiger partial charge in [0.05, 0.1) is 17.6 Å². The van der Waals surface area contributed by atoms with E-state index in [2.05, 4.69) is 38.8 Å². The van der Waals surface area contributed by atoms with Crippen LogP contribution in [0, 0.1) is 10.1 Å². The number of rotatable bonds is 17. The number of carbonyl (C=O) groups is 1. The van der Waals surface area contributed by atoms with Gasteiger partial charge < -0.3 is 15.5 Å². The van der Waals surface area contributed by atoms with Gasteiger partial charge in [-0.3, -0.25) is 14.9 Å². The van der Waals surface area contributed by atoms with Gasteiger partial charge in [-0.15, -0.1) is 9.24 Å². The molecule has 1 unspecified atom stereocenters. The van der Waals surface area contributed by atoms with Crippen molar-refractivity contribution in [2.45, 2.75) is 82.8 Å². The molecule has 0 aliphatic heterocycles. The minimum atomic E-state index is -1.14. The van der Waals surface area contributed by atoms with Crippen LogP contribution >= 0.6 is 9.24 Å². The first-order valence-corrected chi connectivity index (χ1v) is 13.2. The summed E-state index contributed by atoms with van der Waals surface area (Å²) in [5, 5.41) is 34.7. The van der Waals surface area contributed by atoms with E-state index in [4.69, 9.17) is 0 Å². The highest BCUT2D eigenvalue weighted by molar-refractivity contribution is 7.27. The van der Waals surface area contributed by atoms with E-state index in [1.54, 1.807) is 0 Å². The molecule has 0 fully saturated rings. The number of carbonyl (C=O) groups excluding carboxylic acids is 1. The van der Waals surface area contributed by atoms with Crippen molar-refractivity contribution in [1.29, 1.82) is 0 Å². The highest BCUT2D eigenvalue weighted by atomic mass is 31.0. The maximum absolute atomic E-state index is 12.2. The monoisotopic (exact) mass is 502 g/mol. The van der Waals surface area contributed by atoms with Gasteiger partial charge in [-0.1, -0.05) is 69.2 Å². The second-order valence-corrected chi connectivity index (χ2v) is 9.65. The molecule has 0 aliphatic carbocycles. The zero-order valence-electron chi connectivity index (χ0n) is 20.4. The summed E-state index contributed by atoms with van der Waals surface area (Å²) < 4.78 is 0. The third-order valence-corrected chi connectivity index (χ3v) is 6.84. The number of benzene rings is 2. The zero-order valence-corrected chi connectivity index (χ0v) is 21.6. The minimum Gasteiger partial charge on any atom is -0.394 e. The molecule has 0 heterocycles. The number of amides is 1. The Labute approximate surface area is 210 Å². The maximum atomic E-state index is 12.2. The summed E-state index contributed by atoms with van der Waals surface area (Å²) in [5.41, 5.74) is 1.75. The molecular weight excluding hydrogens is 463 g/mol. The van der Waals surface area contributed by atoms with Crippen LogP contribution in [0.1, 0.15) is 81.4 Å². The number of aliphatic hydroxyl groups excluding tert-OH is 2. The van der Waals surface area contributed by atoms with E-state index < -0.39 is 23.7 Å². The first kappa shape index (κ1) is 28.9. The molecule has 0 radical (unpaired) electrons. The Morgan fingerprint density at radius 3 is 2.06 bits per heavy atom. The summed E-state index contributed by atoms with van der Waals surface area (Å²) in [7, 11) is 2.81. The number of unbranched alkanes of at least 4 members (excludes halogenated alkanes) is 8. The summed E-state index contributed by atoms with van der Waals surface area (Å²) in [6.07, 6.45) is 10.6. The predicted molar refractivity (Wildman–Crippen MR) is 143 cm³/mol. The Morgan fingerprint density at radius 2 is 1.49 bits per heavy atom. The van der Waals surface area contributed by atoms with Crippen molar-refractivity contribution in [2.75, 3.05) is 6.61 Å². The third-order valence-electron chi connectivity index (χ3n) is 6.27. The van der Waals surface area contributed by atoms with Crippen LogP contribution in [0.2, 0.25) is 0 Å². The van der Waals surface area contributed by atoms with Gasteiger partial charge in [0.25, 0.3) is 5.69 Å². The molecule has 0 bridgehead atoms. The molecule has 0 spiro atoms. The predicted octanol–water partition coefficient (Wildman–Crippen LogP) is 4.75. The van der Waals surface area contributed by atoms with Crippen molar-refractivity contribution in [3.05, 3.63) is 69.8 Å². The zero-order chi connectivity index (χ0) is 25.5. The normalized spacial score (nSPS) is 12.8. The summed E-state index contributed by atoms with van der Waals surface area (Å²) in [6.45, 7) is -0.423. The molecule has 2 aromatic rings. The molecule has 192 valence electrons. The number of hydrogen-bond acceptors (Lipinski definition) is 5. The van der Waals surface area contributed by atoms with Crippen molar-refractivity contribution in [1.82, 2.24) is 5.32 Å². The van der Waals surface area contributed by atoms with Crippen LogP contribution in [-0.2, 0) is 11.2 Å². The molecule has 8 heteroatoms. The minimum absolute atomic E-state index is 0.0806. The van der Waals surface area contributed by atoms with Gasteiger partial charge in [0.2, 0.25) is 5.91 Å². The Hall–Kier alpha value is -2.34. The van der Waals surface area contributed by atoms with E-state index in [1.165, 1.54) is 73.7 Å². The number of aliphatic hydroxyl groups is 2. The molecule has 0 saturated heterocycles. The Kier molecular flexibility index (Phi) is 13.5. The van der Waals surface area contributed by atoms with Gasteiger partial charge in [-0.25, -0.2) is 0 Å².